The van der Waals surface area contributed by atoms with Gasteiger partial charge in [-0.25, -0.2) is 0 Å². The van der Waals surface area contributed by atoms with Crippen LogP contribution in [0, 0.1) is 6.92 Å². The van der Waals surface area contributed by atoms with Crippen LogP contribution in [0.5, 0.6) is 0 Å². The summed E-state index contributed by atoms with van der Waals surface area (Å²) >= 11 is 8.52. The van der Waals surface area contributed by atoms with Crippen LogP contribution in [0.2, 0.25) is 0 Å². The van der Waals surface area contributed by atoms with Crippen LogP contribution in [0.1, 0.15) is 21.5 Å². The predicted molar refractivity (Wildman–Crippen MR) is 90.0 cm³/mol. The van der Waals surface area contributed by atoms with E-state index in [1.54, 1.807) is 24.5 Å². The molecule has 0 atom stereocenters. The van der Waals surface area contributed by atoms with Gasteiger partial charge in [0.05, 0.1) is 0 Å². The number of aryl methyl sites for hydroxylation is 1. The lowest BCUT2D eigenvalue weighted by Gasteiger charge is -2.10. The van der Waals surface area contributed by atoms with Crippen LogP contribution < -0.4 is 10.6 Å². The zero-order valence-electron chi connectivity index (χ0n) is 11.4. The van der Waals surface area contributed by atoms with E-state index in [9.17, 15) is 4.79 Å². The second-order valence-corrected chi connectivity index (χ2v) is 5.72. The second kappa shape index (κ2) is 7.28. The number of carbonyl (C=O) groups excluding carboxylic acids is 1. The summed E-state index contributed by atoms with van der Waals surface area (Å²) in [6.45, 7) is 2.48. The quantitative estimate of drug-likeness (QED) is 0.823. The summed E-state index contributed by atoms with van der Waals surface area (Å²) in [4.78, 5) is 16.1. The van der Waals surface area contributed by atoms with Gasteiger partial charge in [-0.2, -0.15) is 0 Å². The zero-order valence-corrected chi connectivity index (χ0v) is 13.8. The van der Waals surface area contributed by atoms with Crippen LogP contribution >= 0.6 is 28.1 Å². The number of nitrogens with zero attached hydrogens (tertiary/aromatic N) is 1. The Hall–Kier alpha value is -1.79. The lowest BCUT2D eigenvalue weighted by atomic mass is 10.1. The molecular formula is C15H14BrN3OS. The van der Waals surface area contributed by atoms with Crippen LogP contribution in [-0.4, -0.2) is 16.0 Å². The van der Waals surface area contributed by atoms with Gasteiger partial charge in [0.2, 0.25) is 0 Å². The molecule has 4 nitrogen and oxygen atoms in total. The summed E-state index contributed by atoms with van der Waals surface area (Å²) in [6, 6.07) is 9.20. The van der Waals surface area contributed by atoms with Crippen molar-refractivity contribution >= 4 is 39.2 Å². The van der Waals surface area contributed by atoms with Crippen LogP contribution in [0.4, 0.5) is 0 Å². The van der Waals surface area contributed by atoms with E-state index >= 15 is 0 Å². The summed E-state index contributed by atoms with van der Waals surface area (Å²) in [6.07, 6.45) is 3.45. The molecule has 0 bridgehead atoms. The van der Waals surface area contributed by atoms with Crippen molar-refractivity contribution in [2.75, 3.05) is 0 Å². The summed E-state index contributed by atoms with van der Waals surface area (Å²) in [5, 5.41) is 5.92. The Morgan fingerprint density at radius 3 is 2.86 bits per heavy atom. The Morgan fingerprint density at radius 2 is 2.19 bits per heavy atom. The van der Waals surface area contributed by atoms with Crippen molar-refractivity contribution < 1.29 is 4.79 Å². The fourth-order valence-corrected chi connectivity index (χ4v) is 2.18. The summed E-state index contributed by atoms with van der Waals surface area (Å²) < 4.78 is 0.893. The molecule has 1 heterocycles. The lowest BCUT2D eigenvalue weighted by molar-refractivity contribution is 0.0976. The van der Waals surface area contributed by atoms with Crippen molar-refractivity contribution in [1.29, 1.82) is 0 Å². The number of thiocarbonyl (C=S) groups is 1. The van der Waals surface area contributed by atoms with E-state index in [-0.39, 0.29) is 5.91 Å². The number of rotatable bonds is 3. The smallest absolute Gasteiger partial charge is 0.257 e. The minimum Gasteiger partial charge on any atom is -0.358 e. The summed E-state index contributed by atoms with van der Waals surface area (Å²) in [5.41, 5.74) is 2.62. The number of benzene rings is 1. The molecule has 21 heavy (non-hydrogen) atoms. The molecule has 0 fully saturated rings. The van der Waals surface area contributed by atoms with Gasteiger partial charge in [0.25, 0.3) is 5.91 Å². The molecule has 0 saturated carbocycles. The highest BCUT2D eigenvalue weighted by Crippen LogP contribution is 2.17. The van der Waals surface area contributed by atoms with E-state index < -0.39 is 0 Å². The fourth-order valence-electron chi connectivity index (χ4n) is 1.64. The van der Waals surface area contributed by atoms with Crippen molar-refractivity contribution in [1.82, 2.24) is 15.6 Å². The third-order valence-corrected chi connectivity index (χ3v) is 3.94. The molecule has 1 amide bonds. The van der Waals surface area contributed by atoms with Gasteiger partial charge in [-0.15, -0.1) is 0 Å². The van der Waals surface area contributed by atoms with Gasteiger partial charge in [0.15, 0.2) is 5.11 Å². The van der Waals surface area contributed by atoms with E-state index in [1.807, 2.05) is 25.1 Å². The van der Waals surface area contributed by atoms with Gasteiger partial charge in [-0.05, 0) is 48.5 Å². The Morgan fingerprint density at radius 1 is 1.38 bits per heavy atom. The van der Waals surface area contributed by atoms with Crippen molar-refractivity contribution in [3.05, 3.63) is 63.9 Å². The molecule has 6 heteroatoms. The maximum absolute atomic E-state index is 12.1. The summed E-state index contributed by atoms with van der Waals surface area (Å²) in [7, 11) is 0. The van der Waals surface area contributed by atoms with E-state index in [0.29, 0.717) is 17.2 Å². The van der Waals surface area contributed by atoms with Gasteiger partial charge >= 0.3 is 0 Å². The number of amides is 1. The average Bonchev–Trinajstić information content (AvgIpc) is 2.49. The van der Waals surface area contributed by atoms with Crippen LogP contribution in [0.15, 0.2) is 47.2 Å². The average molecular weight is 364 g/mol. The Balaban J connectivity index is 1.90. The molecule has 0 unspecified atom stereocenters. The molecule has 2 aromatic rings. The fraction of sp³-hybridized carbons (Fsp3) is 0.133. The van der Waals surface area contributed by atoms with E-state index in [0.717, 1.165) is 15.6 Å². The van der Waals surface area contributed by atoms with Crippen molar-refractivity contribution in [3.63, 3.8) is 0 Å². The molecule has 2 rings (SSSR count). The highest BCUT2D eigenvalue weighted by Gasteiger charge is 2.09. The Labute approximate surface area is 137 Å². The maximum Gasteiger partial charge on any atom is 0.257 e. The second-order valence-electron chi connectivity index (χ2n) is 4.46. The number of hydrogen-bond donors (Lipinski definition) is 2. The SMILES string of the molecule is Cc1ccc(C(=O)NC(=S)NCc2cccnc2)cc1Br. The molecule has 0 radical (unpaired) electrons. The number of halogens is 1. The van der Waals surface area contributed by atoms with Crippen LogP contribution in [0.3, 0.4) is 0 Å². The molecule has 0 aliphatic rings. The standard InChI is InChI=1S/C15H14BrN3OS/c1-10-4-5-12(7-13(10)16)14(20)19-15(21)18-9-11-3-2-6-17-8-11/h2-8H,9H2,1H3,(H2,18,19,20,21). The number of aromatic nitrogens is 1. The van der Waals surface area contributed by atoms with Crippen molar-refractivity contribution in [3.8, 4) is 0 Å². The third kappa shape index (κ3) is 4.61. The zero-order chi connectivity index (χ0) is 15.2. The summed E-state index contributed by atoms with van der Waals surface area (Å²) in [5.74, 6) is -0.237. The van der Waals surface area contributed by atoms with Crippen molar-refractivity contribution in [2.24, 2.45) is 0 Å². The molecule has 0 saturated heterocycles. The number of carbonyl (C=O) groups is 1. The normalized spacial score (nSPS) is 10.0. The highest BCUT2D eigenvalue weighted by molar-refractivity contribution is 9.10. The van der Waals surface area contributed by atoms with E-state index in [2.05, 4.69) is 31.5 Å². The van der Waals surface area contributed by atoms with Crippen LogP contribution in [-0.2, 0) is 6.54 Å². The first-order valence-corrected chi connectivity index (χ1v) is 7.50. The predicted octanol–water partition coefficient (Wildman–Crippen LogP) is 2.96. The molecule has 0 aliphatic carbocycles. The van der Waals surface area contributed by atoms with Gasteiger partial charge in [-0.1, -0.05) is 28.1 Å². The number of hydrogen-bond acceptors (Lipinski definition) is 3. The Bertz CT molecular complexity index is 661. The molecule has 1 aromatic carbocycles. The van der Waals surface area contributed by atoms with Gasteiger partial charge in [0.1, 0.15) is 0 Å². The Kier molecular flexibility index (Phi) is 5.41. The molecule has 2 N–H and O–H groups in total. The minimum atomic E-state index is -0.237. The number of nitrogens with one attached hydrogen (secondary N) is 2. The van der Waals surface area contributed by atoms with Crippen LogP contribution in [0.25, 0.3) is 0 Å². The maximum atomic E-state index is 12.1. The largest absolute Gasteiger partial charge is 0.358 e. The molecular weight excluding hydrogens is 350 g/mol. The molecule has 0 spiro atoms. The molecule has 1 aromatic heterocycles. The van der Waals surface area contributed by atoms with Gasteiger partial charge < -0.3 is 5.32 Å². The highest BCUT2D eigenvalue weighted by atomic mass is 79.9. The van der Waals surface area contributed by atoms with Crippen molar-refractivity contribution in [2.45, 2.75) is 13.5 Å². The first-order valence-electron chi connectivity index (χ1n) is 6.30. The van der Waals surface area contributed by atoms with Gasteiger partial charge in [-0.3, -0.25) is 15.1 Å². The lowest BCUT2D eigenvalue weighted by Crippen LogP contribution is -2.38. The monoisotopic (exact) mass is 363 g/mol. The third-order valence-electron chi connectivity index (χ3n) is 2.84. The first-order chi connectivity index (χ1) is 10.1. The minimum absolute atomic E-state index is 0.237. The topological polar surface area (TPSA) is 54.0 Å². The first kappa shape index (κ1) is 15.6. The molecule has 0 aliphatic heterocycles. The molecule has 108 valence electrons. The number of pyridine rings is 1. The van der Waals surface area contributed by atoms with Gasteiger partial charge in [0, 0.05) is 29.0 Å². The van der Waals surface area contributed by atoms with E-state index in [4.69, 9.17) is 12.2 Å². The van der Waals surface area contributed by atoms with E-state index in [1.165, 1.54) is 0 Å².